The Labute approximate surface area is 226 Å². The Morgan fingerprint density at radius 1 is 1.21 bits per heavy atom. The number of amides is 2. The molecule has 1 aliphatic heterocycles. The number of imidazole rings is 1. The van der Waals surface area contributed by atoms with E-state index in [9.17, 15) is 21.9 Å². The SMILES string of the molecule is CN(C)C/C=C/C(=O)N1CCCC[C@@H](n2c(NC(=O)c3cccc(S(=O)(=O)F)c3)nc3cccc(Cl)c32)C1. The zero-order valence-electron chi connectivity index (χ0n) is 21.1. The lowest BCUT2D eigenvalue weighted by atomic mass is 10.1. The van der Waals surface area contributed by atoms with Gasteiger partial charge in [0, 0.05) is 31.3 Å². The van der Waals surface area contributed by atoms with Gasteiger partial charge in [-0.25, -0.2) is 4.98 Å². The first-order valence-electron chi connectivity index (χ1n) is 12.2. The van der Waals surface area contributed by atoms with Crippen LogP contribution in [0.2, 0.25) is 5.02 Å². The highest BCUT2D eigenvalue weighted by Gasteiger charge is 2.27. The highest BCUT2D eigenvalue weighted by molar-refractivity contribution is 7.86. The molecule has 0 aliphatic carbocycles. The van der Waals surface area contributed by atoms with Crippen LogP contribution in [0.25, 0.3) is 11.0 Å². The molecular formula is C26H29ClFN5O4S. The third-order valence-corrected chi connectivity index (χ3v) is 7.44. The van der Waals surface area contributed by atoms with E-state index in [-0.39, 0.29) is 23.5 Å². The van der Waals surface area contributed by atoms with Crippen molar-refractivity contribution < 1.29 is 21.9 Å². The van der Waals surface area contributed by atoms with E-state index in [0.717, 1.165) is 31.4 Å². The molecule has 0 saturated carbocycles. The predicted molar refractivity (Wildman–Crippen MR) is 145 cm³/mol. The molecule has 12 heteroatoms. The molecule has 1 fully saturated rings. The Morgan fingerprint density at radius 2 is 1.97 bits per heavy atom. The average molecular weight is 562 g/mol. The molecule has 202 valence electrons. The van der Waals surface area contributed by atoms with Crippen LogP contribution in [0.5, 0.6) is 0 Å². The number of carbonyl (C=O) groups is 2. The summed E-state index contributed by atoms with van der Waals surface area (Å²) in [6.45, 7) is 1.64. The summed E-state index contributed by atoms with van der Waals surface area (Å²) in [5.41, 5.74) is 1.13. The Balaban J connectivity index is 1.69. The van der Waals surface area contributed by atoms with Gasteiger partial charge in [-0.15, -0.1) is 3.89 Å². The van der Waals surface area contributed by atoms with Gasteiger partial charge in [0.1, 0.15) is 0 Å². The van der Waals surface area contributed by atoms with Crippen LogP contribution in [-0.4, -0.2) is 73.3 Å². The number of anilines is 1. The molecule has 1 saturated heterocycles. The van der Waals surface area contributed by atoms with E-state index in [1.54, 1.807) is 29.2 Å². The van der Waals surface area contributed by atoms with Gasteiger partial charge in [-0.2, -0.15) is 8.42 Å². The number of nitrogens with one attached hydrogen (secondary N) is 1. The van der Waals surface area contributed by atoms with Crippen LogP contribution in [-0.2, 0) is 15.0 Å². The normalized spacial score (nSPS) is 16.8. The fraction of sp³-hybridized carbons (Fsp3) is 0.346. The maximum absolute atomic E-state index is 13.5. The largest absolute Gasteiger partial charge is 0.337 e. The predicted octanol–water partition coefficient (Wildman–Crippen LogP) is 4.27. The number of likely N-dealkylation sites (tertiary alicyclic amines) is 1. The van der Waals surface area contributed by atoms with Crippen molar-refractivity contribution in [2.45, 2.75) is 30.2 Å². The van der Waals surface area contributed by atoms with Gasteiger partial charge in [-0.05, 0) is 63.7 Å². The summed E-state index contributed by atoms with van der Waals surface area (Å²) in [7, 11) is -1.13. The summed E-state index contributed by atoms with van der Waals surface area (Å²) in [5, 5.41) is 3.18. The number of halogens is 2. The number of para-hydroxylation sites is 1. The first kappa shape index (κ1) is 27.7. The number of hydrogen-bond acceptors (Lipinski definition) is 6. The number of fused-ring (bicyclic) bond motifs is 1. The summed E-state index contributed by atoms with van der Waals surface area (Å²) < 4.78 is 38.0. The number of rotatable bonds is 7. The molecule has 0 bridgehead atoms. The topological polar surface area (TPSA) is 105 Å². The van der Waals surface area contributed by atoms with Crippen molar-refractivity contribution in [3.8, 4) is 0 Å². The molecule has 0 unspecified atom stereocenters. The highest BCUT2D eigenvalue weighted by Crippen LogP contribution is 2.34. The number of nitrogens with zero attached hydrogens (tertiary/aromatic N) is 4. The maximum atomic E-state index is 13.5. The minimum Gasteiger partial charge on any atom is -0.337 e. The van der Waals surface area contributed by atoms with Crippen molar-refractivity contribution in [1.82, 2.24) is 19.4 Å². The Bertz CT molecular complexity index is 1490. The Kier molecular flexibility index (Phi) is 8.49. The number of hydrogen-bond donors (Lipinski definition) is 1. The first-order chi connectivity index (χ1) is 18.0. The van der Waals surface area contributed by atoms with E-state index < -0.39 is 21.0 Å². The lowest BCUT2D eigenvalue weighted by Gasteiger charge is -2.26. The van der Waals surface area contributed by atoms with Gasteiger partial charge < -0.3 is 14.4 Å². The molecule has 2 amide bonds. The van der Waals surface area contributed by atoms with Crippen molar-refractivity contribution in [2.75, 3.05) is 39.0 Å². The van der Waals surface area contributed by atoms with Crippen LogP contribution in [0, 0.1) is 0 Å². The molecule has 2 aromatic carbocycles. The third kappa shape index (κ3) is 6.40. The summed E-state index contributed by atoms with van der Waals surface area (Å²) in [5.74, 6) is -0.547. The second-order valence-corrected chi connectivity index (χ2v) is 11.2. The summed E-state index contributed by atoms with van der Waals surface area (Å²) in [4.78, 5) is 33.8. The number of carbonyl (C=O) groups excluding carboxylic acids is 2. The van der Waals surface area contributed by atoms with E-state index in [1.165, 1.54) is 12.1 Å². The van der Waals surface area contributed by atoms with Crippen molar-refractivity contribution in [3.63, 3.8) is 0 Å². The van der Waals surface area contributed by atoms with E-state index >= 15 is 0 Å². The molecule has 2 heterocycles. The molecule has 1 aliphatic rings. The second-order valence-electron chi connectivity index (χ2n) is 9.43. The molecular weight excluding hydrogens is 533 g/mol. The van der Waals surface area contributed by atoms with E-state index in [2.05, 4.69) is 10.3 Å². The Hall–Kier alpha value is -3.28. The lowest BCUT2D eigenvalue weighted by molar-refractivity contribution is -0.126. The van der Waals surface area contributed by atoms with Crippen molar-refractivity contribution in [2.24, 2.45) is 0 Å². The van der Waals surface area contributed by atoms with Gasteiger partial charge >= 0.3 is 10.2 Å². The van der Waals surface area contributed by atoms with Crippen LogP contribution >= 0.6 is 11.6 Å². The van der Waals surface area contributed by atoms with Crippen LogP contribution in [0.4, 0.5) is 9.83 Å². The molecule has 0 radical (unpaired) electrons. The highest BCUT2D eigenvalue weighted by atomic mass is 35.5. The smallest absolute Gasteiger partial charge is 0.332 e. The molecule has 9 nitrogen and oxygen atoms in total. The van der Waals surface area contributed by atoms with Gasteiger partial charge in [0.25, 0.3) is 5.91 Å². The number of benzene rings is 2. The molecule has 4 rings (SSSR count). The standard InChI is InChI=1S/C26H29ClFN5O4S/c1-31(2)14-7-13-23(34)32-15-4-3-9-19(17-32)33-24-21(27)11-6-12-22(24)29-26(33)30-25(35)18-8-5-10-20(16-18)38(28,36)37/h5-8,10-13,16,19H,3-4,9,14-15,17H2,1-2H3,(H,29,30,35)/b13-7+/t19-/m1/s1. The zero-order chi connectivity index (χ0) is 27.4. The molecule has 1 aromatic heterocycles. The number of aromatic nitrogens is 2. The summed E-state index contributed by atoms with van der Waals surface area (Å²) in [6, 6.07) is 9.74. The average Bonchev–Trinajstić information content (AvgIpc) is 3.05. The van der Waals surface area contributed by atoms with E-state index in [1.807, 2.05) is 29.6 Å². The van der Waals surface area contributed by atoms with Gasteiger partial charge in [0.05, 0.1) is 27.0 Å². The molecule has 0 spiro atoms. The monoisotopic (exact) mass is 561 g/mol. The molecule has 38 heavy (non-hydrogen) atoms. The van der Waals surface area contributed by atoms with Crippen LogP contribution in [0.3, 0.4) is 0 Å². The molecule has 1 N–H and O–H groups in total. The van der Waals surface area contributed by atoms with Crippen molar-refractivity contribution in [3.05, 3.63) is 65.2 Å². The van der Waals surface area contributed by atoms with Crippen LogP contribution in [0.1, 0.15) is 35.7 Å². The van der Waals surface area contributed by atoms with Crippen molar-refractivity contribution in [1.29, 1.82) is 0 Å². The van der Waals surface area contributed by atoms with Gasteiger partial charge in [0.2, 0.25) is 11.9 Å². The second kappa shape index (κ2) is 11.6. The Morgan fingerprint density at radius 3 is 2.71 bits per heavy atom. The lowest BCUT2D eigenvalue weighted by Crippen LogP contribution is -2.34. The first-order valence-corrected chi connectivity index (χ1v) is 13.9. The summed E-state index contributed by atoms with van der Waals surface area (Å²) in [6.07, 6.45) is 5.81. The maximum Gasteiger partial charge on any atom is 0.332 e. The fourth-order valence-corrected chi connectivity index (χ4v) is 5.28. The van der Waals surface area contributed by atoms with Gasteiger partial charge in [0.15, 0.2) is 0 Å². The third-order valence-electron chi connectivity index (χ3n) is 6.32. The minimum absolute atomic E-state index is 0.0443. The van der Waals surface area contributed by atoms with Gasteiger partial charge in [-0.1, -0.05) is 29.8 Å². The van der Waals surface area contributed by atoms with Crippen molar-refractivity contribution >= 4 is 50.6 Å². The van der Waals surface area contributed by atoms with Crippen LogP contribution < -0.4 is 5.32 Å². The van der Waals surface area contributed by atoms with E-state index in [0.29, 0.717) is 35.7 Å². The quantitative estimate of drug-likeness (QED) is 0.341. The van der Waals surface area contributed by atoms with Gasteiger partial charge in [-0.3, -0.25) is 14.9 Å². The van der Waals surface area contributed by atoms with E-state index in [4.69, 9.17) is 11.6 Å². The minimum atomic E-state index is -4.98. The fourth-order valence-electron chi connectivity index (χ4n) is 4.51. The molecule has 3 aromatic rings. The number of likely N-dealkylation sites (N-methyl/N-ethyl adjacent to an activating group) is 1. The zero-order valence-corrected chi connectivity index (χ0v) is 22.7. The van der Waals surface area contributed by atoms with Crippen LogP contribution in [0.15, 0.2) is 59.5 Å². The summed E-state index contributed by atoms with van der Waals surface area (Å²) >= 11 is 6.58. The molecule has 1 atom stereocenters.